The van der Waals surface area contributed by atoms with Crippen LogP contribution in [-0.2, 0) is 6.42 Å². The van der Waals surface area contributed by atoms with Gasteiger partial charge in [-0.15, -0.1) is 0 Å². The number of aliphatic hydroxyl groups excluding tert-OH is 1. The number of rotatable bonds is 1. The fraction of sp³-hybridized carbons (Fsp3) is 0.250. The monoisotopic (exact) mass is 299 g/mol. The van der Waals surface area contributed by atoms with E-state index in [1.807, 2.05) is 24.3 Å². The molecule has 1 N–H and O–H groups in total. The highest BCUT2D eigenvalue weighted by molar-refractivity contribution is 5.49. The lowest BCUT2D eigenvalue weighted by atomic mass is 9.94. The molecular weight excluding hydrogens is 286 g/mol. The van der Waals surface area contributed by atoms with Gasteiger partial charge in [-0.1, -0.05) is 18.2 Å². The Balaban J connectivity index is 1.73. The minimum absolute atomic E-state index is 0.0744. The number of para-hydroxylation sites is 1. The summed E-state index contributed by atoms with van der Waals surface area (Å²) < 4.78 is 11.8. The number of benzene rings is 2. The van der Waals surface area contributed by atoms with Gasteiger partial charge in [0, 0.05) is 24.1 Å². The van der Waals surface area contributed by atoms with Crippen molar-refractivity contribution in [2.75, 3.05) is 0 Å². The number of nitro groups is 1. The van der Waals surface area contributed by atoms with Gasteiger partial charge < -0.3 is 14.6 Å². The van der Waals surface area contributed by atoms with E-state index in [1.165, 1.54) is 18.2 Å². The molecule has 2 heterocycles. The topological polar surface area (TPSA) is 81.8 Å². The van der Waals surface area contributed by atoms with Crippen molar-refractivity contribution in [2.24, 2.45) is 0 Å². The van der Waals surface area contributed by atoms with Crippen LogP contribution in [0.4, 0.5) is 5.69 Å². The second-order valence-corrected chi connectivity index (χ2v) is 5.51. The lowest BCUT2D eigenvalue weighted by Gasteiger charge is -2.36. The lowest BCUT2D eigenvalue weighted by Crippen LogP contribution is -2.46. The predicted molar refractivity (Wildman–Crippen MR) is 76.8 cm³/mol. The Morgan fingerprint density at radius 1 is 1.18 bits per heavy atom. The summed E-state index contributed by atoms with van der Waals surface area (Å²) in [6.07, 6.45) is 0.132. The van der Waals surface area contributed by atoms with Crippen LogP contribution in [0.1, 0.15) is 23.7 Å². The second-order valence-electron chi connectivity index (χ2n) is 5.51. The molecule has 2 aliphatic rings. The largest absolute Gasteiger partial charge is 0.449 e. The summed E-state index contributed by atoms with van der Waals surface area (Å²) in [5.41, 5.74) is 1.38. The maximum absolute atomic E-state index is 10.9. The molecule has 4 rings (SSSR count). The molecule has 2 aromatic rings. The van der Waals surface area contributed by atoms with Crippen molar-refractivity contribution >= 4 is 5.69 Å². The molecule has 0 aromatic heterocycles. The molecule has 6 nitrogen and oxygen atoms in total. The molecule has 0 fully saturated rings. The Labute approximate surface area is 126 Å². The van der Waals surface area contributed by atoms with Crippen LogP contribution in [0.15, 0.2) is 42.5 Å². The highest BCUT2D eigenvalue weighted by Crippen LogP contribution is 2.49. The van der Waals surface area contributed by atoms with Crippen LogP contribution < -0.4 is 9.47 Å². The van der Waals surface area contributed by atoms with Crippen molar-refractivity contribution in [3.05, 3.63) is 63.7 Å². The van der Waals surface area contributed by atoms with Gasteiger partial charge in [-0.2, -0.15) is 0 Å². The zero-order valence-corrected chi connectivity index (χ0v) is 11.6. The van der Waals surface area contributed by atoms with E-state index in [9.17, 15) is 15.2 Å². The number of fused-ring (bicyclic) bond motifs is 2. The molecule has 112 valence electrons. The molecule has 0 saturated heterocycles. The van der Waals surface area contributed by atoms with E-state index in [-0.39, 0.29) is 5.69 Å². The van der Waals surface area contributed by atoms with Gasteiger partial charge in [0.2, 0.25) is 0 Å². The highest BCUT2D eigenvalue weighted by Gasteiger charge is 2.52. The van der Waals surface area contributed by atoms with Crippen LogP contribution in [-0.4, -0.2) is 15.8 Å². The summed E-state index contributed by atoms with van der Waals surface area (Å²) >= 11 is 0. The summed E-state index contributed by atoms with van der Waals surface area (Å²) in [7, 11) is 0. The summed E-state index contributed by atoms with van der Waals surface area (Å²) in [6.45, 7) is 0. The molecule has 6 heteroatoms. The Bertz CT molecular complexity index is 775. The molecule has 0 saturated carbocycles. The summed E-state index contributed by atoms with van der Waals surface area (Å²) in [5, 5.41) is 21.5. The van der Waals surface area contributed by atoms with Gasteiger partial charge in [0.1, 0.15) is 11.5 Å². The second kappa shape index (κ2) is 4.45. The van der Waals surface area contributed by atoms with E-state index in [4.69, 9.17) is 9.47 Å². The molecule has 2 atom stereocenters. The first-order chi connectivity index (χ1) is 10.6. The summed E-state index contributed by atoms with van der Waals surface area (Å²) in [4.78, 5) is 10.4. The van der Waals surface area contributed by atoms with Crippen LogP contribution in [0, 0.1) is 10.1 Å². The predicted octanol–water partition coefficient (Wildman–Crippen LogP) is 2.74. The quantitative estimate of drug-likeness (QED) is 0.646. The SMILES string of the molecule is O=[N+]([O-])c1ccc2c(c1)[C@H](O)[C@@]1(CCc3ccccc3O1)O2. The van der Waals surface area contributed by atoms with Crippen LogP contribution in [0.5, 0.6) is 11.5 Å². The average molecular weight is 299 g/mol. The summed E-state index contributed by atoms with van der Waals surface area (Å²) in [6, 6.07) is 11.8. The normalized spacial score (nSPS) is 25.0. The number of ether oxygens (including phenoxy) is 2. The first kappa shape index (κ1) is 13.1. The van der Waals surface area contributed by atoms with Crippen molar-refractivity contribution in [3.8, 4) is 11.5 Å². The van der Waals surface area contributed by atoms with Crippen LogP contribution in [0.3, 0.4) is 0 Å². The van der Waals surface area contributed by atoms with Crippen molar-refractivity contribution < 1.29 is 19.5 Å². The minimum atomic E-state index is -1.20. The van der Waals surface area contributed by atoms with E-state index in [0.717, 1.165) is 5.56 Å². The van der Waals surface area contributed by atoms with Crippen molar-refractivity contribution in [3.63, 3.8) is 0 Å². The third kappa shape index (κ3) is 1.77. The first-order valence-electron chi connectivity index (χ1n) is 7.01. The van der Waals surface area contributed by atoms with E-state index in [2.05, 4.69) is 0 Å². The molecule has 0 radical (unpaired) electrons. The maximum atomic E-state index is 10.9. The molecule has 2 aromatic carbocycles. The third-order valence-electron chi connectivity index (χ3n) is 4.20. The van der Waals surface area contributed by atoms with Gasteiger partial charge in [-0.3, -0.25) is 10.1 Å². The van der Waals surface area contributed by atoms with Crippen molar-refractivity contribution in [1.29, 1.82) is 0 Å². The molecule has 0 amide bonds. The van der Waals surface area contributed by atoms with E-state index >= 15 is 0 Å². The minimum Gasteiger partial charge on any atom is -0.449 e. The number of nitrogens with zero attached hydrogens (tertiary/aromatic N) is 1. The Kier molecular flexibility index (Phi) is 2.65. The molecule has 0 bridgehead atoms. The number of aliphatic hydroxyl groups is 1. The zero-order valence-electron chi connectivity index (χ0n) is 11.6. The van der Waals surface area contributed by atoms with E-state index in [0.29, 0.717) is 29.9 Å². The Hall–Kier alpha value is -2.60. The number of aryl methyl sites for hydroxylation is 1. The van der Waals surface area contributed by atoms with Gasteiger partial charge in [0.05, 0.1) is 4.92 Å². The molecule has 22 heavy (non-hydrogen) atoms. The average Bonchev–Trinajstić information content (AvgIpc) is 2.79. The van der Waals surface area contributed by atoms with Crippen molar-refractivity contribution in [2.45, 2.75) is 24.7 Å². The van der Waals surface area contributed by atoms with E-state index in [1.54, 1.807) is 0 Å². The smallest absolute Gasteiger partial charge is 0.281 e. The third-order valence-corrected chi connectivity index (χ3v) is 4.20. The fourth-order valence-corrected chi connectivity index (χ4v) is 3.06. The number of non-ortho nitro benzene ring substituents is 1. The summed E-state index contributed by atoms with van der Waals surface area (Å²) in [5.74, 6) is -0.0982. The molecule has 1 spiro atoms. The zero-order chi connectivity index (χ0) is 15.3. The van der Waals surface area contributed by atoms with Gasteiger partial charge >= 0.3 is 0 Å². The van der Waals surface area contributed by atoms with Gasteiger partial charge in [-0.05, 0) is 24.1 Å². The number of nitro benzene ring substituents is 1. The van der Waals surface area contributed by atoms with Crippen LogP contribution in [0.25, 0.3) is 0 Å². The Morgan fingerprint density at radius 2 is 1.95 bits per heavy atom. The maximum Gasteiger partial charge on any atom is 0.281 e. The molecule has 0 aliphatic carbocycles. The lowest BCUT2D eigenvalue weighted by molar-refractivity contribution is -0.385. The van der Waals surface area contributed by atoms with E-state index < -0.39 is 16.8 Å². The van der Waals surface area contributed by atoms with Gasteiger partial charge in [-0.25, -0.2) is 0 Å². The van der Waals surface area contributed by atoms with Gasteiger partial charge in [0.25, 0.3) is 11.5 Å². The fourth-order valence-electron chi connectivity index (χ4n) is 3.06. The first-order valence-corrected chi connectivity index (χ1v) is 7.01. The molecule has 2 aliphatic heterocycles. The van der Waals surface area contributed by atoms with Crippen LogP contribution >= 0.6 is 0 Å². The van der Waals surface area contributed by atoms with Crippen LogP contribution in [0.2, 0.25) is 0 Å². The molecule has 0 unspecified atom stereocenters. The number of hydrogen-bond donors (Lipinski definition) is 1. The molecular formula is C16H13NO5. The standard InChI is InChI=1S/C16H13NO5/c18-15-12-9-11(17(19)20)5-6-14(12)22-16(15)8-7-10-3-1-2-4-13(10)21-16/h1-6,9,15,18H,7-8H2/t15-,16+/m0/s1. The van der Waals surface area contributed by atoms with Crippen molar-refractivity contribution in [1.82, 2.24) is 0 Å². The van der Waals surface area contributed by atoms with Gasteiger partial charge in [0.15, 0.2) is 6.10 Å². The number of hydrogen-bond acceptors (Lipinski definition) is 5. The Morgan fingerprint density at radius 3 is 2.77 bits per heavy atom. The highest BCUT2D eigenvalue weighted by atomic mass is 16.7.